The molecule has 0 radical (unpaired) electrons. The van der Waals surface area contributed by atoms with Gasteiger partial charge < -0.3 is 9.47 Å². The van der Waals surface area contributed by atoms with E-state index >= 15 is 0 Å². The van der Waals surface area contributed by atoms with Crippen LogP contribution >= 0.6 is 24.8 Å². The van der Waals surface area contributed by atoms with Crippen LogP contribution in [0.2, 0.25) is 0 Å². The maximum absolute atomic E-state index is 4.75. The van der Waals surface area contributed by atoms with Crippen molar-refractivity contribution >= 4 is 29.2 Å². The topological polar surface area (TPSA) is 18.5 Å². The molecule has 0 aromatic rings. The highest BCUT2D eigenvalue weighted by atomic mass is 32.1. The molecule has 0 saturated carbocycles. The van der Waals surface area contributed by atoms with E-state index in [9.17, 15) is 0 Å². The monoisotopic (exact) mass is 152 g/mol. The van der Waals surface area contributed by atoms with E-state index in [4.69, 9.17) is 4.74 Å². The Bertz CT molecular complexity index is 74.4. The average Bonchev–Trinajstić information content (AvgIpc) is 1.66. The summed E-state index contributed by atoms with van der Waals surface area (Å²) in [4.78, 5) is 0. The van der Waals surface area contributed by atoms with Gasteiger partial charge in [0.15, 0.2) is 0 Å². The molecule has 0 rings (SSSR count). The van der Waals surface area contributed by atoms with Crippen LogP contribution in [-0.2, 0) is 9.47 Å². The Kier molecular flexibility index (Phi) is 5.47. The third kappa shape index (κ3) is 6.20. The predicted molar refractivity (Wildman–Crippen MR) is 39.4 cm³/mol. The molecule has 48 valence electrons. The lowest BCUT2D eigenvalue weighted by Crippen LogP contribution is -2.02. The number of thiocarbonyl (C=S) groups is 1. The Morgan fingerprint density at radius 1 is 1.62 bits per heavy atom. The van der Waals surface area contributed by atoms with Crippen molar-refractivity contribution in [3.63, 3.8) is 0 Å². The molecule has 0 unspecified atom stereocenters. The largest absolute Gasteiger partial charge is 0.476 e. The van der Waals surface area contributed by atoms with Gasteiger partial charge in [0.25, 0.3) is 0 Å². The molecule has 0 fully saturated rings. The minimum atomic E-state index is 0.266. The van der Waals surface area contributed by atoms with Crippen molar-refractivity contribution in [3.05, 3.63) is 0 Å². The second kappa shape index (κ2) is 5.34. The normalized spacial score (nSPS) is 8.75. The molecule has 0 bridgehead atoms. The molecule has 4 heteroatoms. The van der Waals surface area contributed by atoms with E-state index < -0.39 is 0 Å². The van der Waals surface area contributed by atoms with Crippen LogP contribution in [0, 0.1) is 0 Å². The quantitative estimate of drug-likeness (QED) is 0.367. The Hall–Kier alpha value is 0.200. The highest BCUT2D eigenvalue weighted by molar-refractivity contribution is 8.10. The molecule has 0 N–H and O–H groups in total. The Labute approximate surface area is 59.6 Å². The van der Waals surface area contributed by atoms with Gasteiger partial charge in [0, 0.05) is 7.11 Å². The van der Waals surface area contributed by atoms with E-state index in [0.717, 1.165) is 0 Å². The molecule has 0 aromatic carbocycles. The van der Waals surface area contributed by atoms with Gasteiger partial charge in [0.1, 0.15) is 6.61 Å². The molecule has 2 nitrogen and oxygen atoms in total. The van der Waals surface area contributed by atoms with Gasteiger partial charge in [-0.1, -0.05) is 12.6 Å². The zero-order valence-electron chi connectivity index (χ0n) is 4.59. The Balaban J connectivity index is 2.82. The van der Waals surface area contributed by atoms with Crippen LogP contribution in [-0.4, -0.2) is 24.7 Å². The minimum absolute atomic E-state index is 0.266. The SMILES string of the molecule is COCCOC(=S)S. The fourth-order valence-electron chi connectivity index (χ4n) is 0.212. The molecule has 0 spiro atoms. The molecule has 0 amide bonds. The number of ether oxygens (including phenoxy) is 2. The number of methoxy groups -OCH3 is 1. The van der Waals surface area contributed by atoms with Crippen molar-refractivity contribution in [1.82, 2.24) is 0 Å². The molecular weight excluding hydrogens is 144 g/mol. The zero-order chi connectivity index (χ0) is 6.41. The standard InChI is InChI=1S/C4H8O2S2/c1-5-2-3-6-4(7)8/h2-3H2,1H3,(H,7,8). The molecule has 0 heterocycles. The first-order valence-electron chi connectivity index (χ1n) is 2.12. The highest BCUT2D eigenvalue weighted by Crippen LogP contribution is 1.85. The third-order valence-corrected chi connectivity index (χ3v) is 0.760. The van der Waals surface area contributed by atoms with Crippen molar-refractivity contribution in [3.8, 4) is 0 Å². The summed E-state index contributed by atoms with van der Waals surface area (Å²) in [6.45, 7) is 1.04. The summed E-state index contributed by atoms with van der Waals surface area (Å²) < 4.78 is 9.69. The van der Waals surface area contributed by atoms with Crippen LogP contribution in [0.1, 0.15) is 0 Å². The van der Waals surface area contributed by atoms with Crippen LogP contribution in [0.15, 0.2) is 0 Å². The van der Waals surface area contributed by atoms with Crippen molar-refractivity contribution in [1.29, 1.82) is 0 Å². The molecule has 8 heavy (non-hydrogen) atoms. The van der Waals surface area contributed by atoms with Crippen molar-refractivity contribution in [2.75, 3.05) is 20.3 Å². The summed E-state index contributed by atoms with van der Waals surface area (Å²) in [5.41, 5.74) is 0. The second-order valence-electron chi connectivity index (χ2n) is 1.11. The number of rotatable bonds is 3. The zero-order valence-corrected chi connectivity index (χ0v) is 6.30. The Morgan fingerprint density at radius 3 is 2.62 bits per heavy atom. The molecular formula is C4H8O2S2. The number of hydrogen-bond donors (Lipinski definition) is 1. The molecule has 0 atom stereocenters. The lowest BCUT2D eigenvalue weighted by atomic mass is 10.8. The second-order valence-corrected chi connectivity index (χ2v) is 2.19. The van der Waals surface area contributed by atoms with E-state index in [-0.39, 0.29) is 4.38 Å². The minimum Gasteiger partial charge on any atom is -0.476 e. The van der Waals surface area contributed by atoms with E-state index in [1.807, 2.05) is 0 Å². The van der Waals surface area contributed by atoms with Gasteiger partial charge in [0.05, 0.1) is 6.61 Å². The predicted octanol–water partition coefficient (Wildman–Crippen LogP) is 0.864. The fourth-order valence-corrected chi connectivity index (χ4v) is 0.387. The summed E-state index contributed by atoms with van der Waals surface area (Å²) in [5, 5.41) is 0. The summed E-state index contributed by atoms with van der Waals surface area (Å²) in [7, 11) is 1.60. The van der Waals surface area contributed by atoms with Crippen molar-refractivity contribution < 1.29 is 9.47 Å². The van der Waals surface area contributed by atoms with E-state index in [1.54, 1.807) is 7.11 Å². The molecule has 0 aliphatic heterocycles. The van der Waals surface area contributed by atoms with Gasteiger partial charge in [0.2, 0.25) is 4.38 Å². The Morgan fingerprint density at radius 2 is 2.25 bits per heavy atom. The first kappa shape index (κ1) is 8.20. The molecule has 0 aromatic heterocycles. The van der Waals surface area contributed by atoms with E-state index in [0.29, 0.717) is 13.2 Å². The van der Waals surface area contributed by atoms with Crippen LogP contribution < -0.4 is 0 Å². The maximum Gasteiger partial charge on any atom is 0.216 e. The first-order valence-corrected chi connectivity index (χ1v) is 2.97. The summed E-state index contributed by atoms with van der Waals surface area (Å²) in [6.07, 6.45) is 0. The summed E-state index contributed by atoms with van der Waals surface area (Å²) >= 11 is 8.22. The highest BCUT2D eigenvalue weighted by Gasteiger charge is 1.85. The van der Waals surface area contributed by atoms with Crippen LogP contribution in [0.25, 0.3) is 0 Å². The van der Waals surface area contributed by atoms with Gasteiger partial charge in [-0.05, 0) is 12.2 Å². The average molecular weight is 152 g/mol. The maximum atomic E-state index is 4.75. The fraction of sp³-hybridized carbons (Fsp3) is 0.750. The third-order valence-electron chi connectivity index (χ3n) is 0.513. The summed E-state index contributed by atoms with van der Waals surface area (Å²) in [6, 6.07) is 0. The van der Waals surface area contributed by atoms with Gasteiger partial charge >= 0.3 is 0 Å². The van der Waals surface area contributed by atoms with Crippen molar-refractivity contribution in [2.45, 2.75) is 0 Å². The van der Waals surface area contributed by atoms with Crippen LogP contribution in [0.4, 0.5) is 0 Å². The van der Waals surface area contributed by atoms with Gasteiger partial charge in [-0.15, -0.1) is 0 Å². The van der Waals surface area contributed by atoms with Crippen molar-refractivity contribution in [2.24, 2.45) is 0 Å². The first-order chi connectivity index (χ1) is 3.77. The van der Waals surface area contributed by atoms with Crippen LogP contribution in [0.5, 0.6) is 0 Å². The molecule has 0 saturated heterocycles. The van der Waals surface area contributed by atoms with E-state index in [2.05, 4.69) is 29.6 Å². The van der Waals surface area contributed by atoms with Gasteiger partial charge in [-0.25, -0.2) is 0 Å². The lowest BCUT2D eigenvalue weighted by Gasteiger charge is -1.99. The molecule has 0 aliphatic carbocycles. The number of hydrogen-bond acceptors (Lipinski definition) is 3. The van der Waals surface area contributed by atoms with Gasteiger partial charge in [-0.3, -0.25) is 0 Å². The van der Waals surface area contributed by atoms with Gasteiger partial charge in [-0.2, -0.15) is 0 Å². The lowest BCUT2D eigenvalue weighted by molar-refractivity contribution is 0.145. The number of thiol groups is 1. The smallest absolute Gasteiger partial charge is 0.216 e. The summed E-state index contributed by atoms with van der Waals surface area (Å²) in [5.74, 6) is 0. The van der Waals surface area contributed by atoms with E-state index in [1.165, 1.54) is 0 Å². The molecule has 0 aliphatic rings. The van der Waals surface area contributed by atoms with Crippen LogP contribution in [0.3, 0.4) is 0 Å².